The molecule has 2 heterocycles. The molecule has 3 rings (SSSR count). The first kappa shape index (κ1) is 17.0. The second-order valence-corrected chi connectivity index (χ2v) is 5.48. The largest absolute Gasteiger partial charge is 0.461 e. The maximum absolute atomic E-state index is 13.9. The summed E-state index contributed by atoms with van der Waals surface area (Å²) in [6, 6.07) is 4.92. The van der Waals surface area contributed by atoms with Gasteiger partial charge in [-0.05, 0) is 19.1 Å². The summed E-state index contributed by atoms with van der Waals surface area (Å²) in [6.07, 6.45) is 3.13. The molecule has 0 aliphatic carbocycles. The lowest BCUT2D eigenvalue weighted by Crippen LogP contribution is -2.07. The smallest absolute Gasteiger partial charge is 0.356 e. The van der Waals surface area contributed by atoms with Crippen molar-refractivity contribution in [1.29, 1.82) is 0 Å². The molecule has 7 heteroatoms. The highest BCUT2D eigenvalue weighted by Gasteiger charge is 2.15. The van der Waals surface area contributed by atoms with E-state index in [-0.39, 0.29) is 25.5 Å². The van der Waals surface area contributed by atoms with Gasteiger partial charge < -0.3 is 14.4 Å². The number of hydrogen-bond acceptors (Lipinski definition) is 4. The Hall–Kier alpha value is -2.80. The molecular weight excluding hydrogens is 330 g/mol. The Balaban J connectivity index is 2.03. The zero-order valence-corrected chi connectivity index (χ0v) is 13.5. The number of ether oxygens (including phenoxy) is 1. The number of aliphatic hydroxyl groups is 1. The summed E-state index contributed by atoms with van der Waals surface area (Å²) in [5.74, 6) is -1.84. The average Bonchev–Trinajstić information content (AvgIpc) is 2.94. The van der Waals surface area contributed by atoms with Crippen LogP contribution in [0.2, 0.25) is 0 Å². The highest BCUT2D eigenvalue weighted by Crippen LogP contribution is 2.24. The Bertz CT molecular complexity index is 937. The van der Waals surface area contributed by atoms with E-state index < -0.39 is 17.6 Å². The van der Waals surface area contributed by atoms with Gasteiger partial charge in [-0.1, -0.05) is 6.07 Å². The third-order valence-corrected chi connectivity index (χ3v) is 3.86. The van der Waals surface area contributed by atoms with Gasteiger partial charge >= 0.3 is 5.97 Å². The van der Waals surface area contributed by atoms with Crippen LogP contribution in [-0.4, -0.2) is 27.2 Å². The van der Waals surface area contributed by atoms with Crippen LogP contribution in [-0.2, 0) is 17.9 Å². The maximum atomic E-state index is 13.9. The summed E-state index contributed by atoms with van der Waals surface area (Å²) in [5.41, 5.74) is 1.64. The Kier molecular flexibility index (Phi) is 4.76. The number of hydrogen-bond donors (Lipinski definition) is 1. The van der Waals surface area contributed by atoms with Gasteiger partial charge in [0.1, 0.15) is 17.3 Å². The van der Waals surface area contributed by atoms with Gasteiger partial charge in [-0.15, -0.1) is 0 Å². The molecule has 0 bridgehead atoms. The summed E-state index contributed by atoms with van der Waals surface area (Å²) in [5, 5.41) is 10.2. The zero-order chi connectivity index (χ0) is 18.0. The molecule has 0 fully saturated rings. The topological polar surface area (TPSA) is 64.3 Å². The monoisotopic (exact) mass is 346 g/mol. The molecule has 0 atom stereocenters. The summed E-state index contributed by atoms with van der Waals surface area (Å²) in [6.45, 7) is 1.82. The second-order valence-electron chi connectivity index (χ2n) is 5.48. The number of carbonyl (C=O) groups is 1. The average molecular weight is 346 g/mol. The van der Waals surface area contributed by atoms with E-state index in [2.05, 4.69) is 4.98 Å². The van der Waals surface area contributed by atoms with Crippen LogP contribution in [0, 0.1) is 11.6 Å². The molecular formula is C18H16F2N2O3. The molecule has 0 saturated carbocycles. The SMILES string of the molecule is CCOC(=O)c1cc2c(CO)cn(Cc3ccc(F)cc3F)c2cn1. The molecule has 0 unspecified atom stereocenters. The number of rotatable bonds is 5. The third kappa shape index (κ3) is 3.36. The van der Waals surface area contributed by atoms with E-state index in [0.717, 1.165) is 6.07 Å². The van der Waals surface area contributed by atoms with E-state index in [1.165, 1.54) is 24.4 Å². The molecule has 0 radical (unpaired) electrons. The first-order valence-electron chi connectivity index (χ1n) is 7.73. The normalized spacial score (nSPS) is 11.0. The number of nitrogens with zero attached hydrogens (tertiary/aromatic N) is 2. The molecule has 2 aromatic heterocycles. The minimum absolute atomic E-state index is 0.134. The highest BCUT2D eigenvalue weighted by atomic mass is 19.1. The van der Waals surface area contributed by atoms with Gasteiger partial charge in [0.05, 0.1) is 31.5 Å². The van der Waals surface area contributed by atoms with Crippen molar-refractivity contribution in [2.24, 2.45) is 0 Å². The lowest BCUT2D eigenvalue weighted by molar-refractivity contribution is 0.0519. The number of benzene rings is 1. The molecule has 0 aliphatic rings. The number of pyridine rings is 1. The molecule has 130 valence electrons. The Morgan fingerprint density at radius 2 is 2.08 bits per heavy atom. The Morgan fingerprint density at radius 1 is 1.28 bits per heavy atom. The van der Waals surface area contributed by atoms with Gasteiger partial charge in [0.2, 0.25) is 0 Å². The van der Waals surface area contributed by atoms with Gasteiger partial charge in [0.15, 0.2) is 0 Å². The predicted octanol–water partition coefficient (Wildman–Crippen LogP) is 3.03. The lowest BCUT2D eigenvalue weighted by atomic mass is 10.2. The van der Waals surface area contributed by atoms with Crippen molar-refractivity contribution in [2.45, 2.75) is 20.1 Å². The van der Waals surface area contributed by atoms with Crippen LogP contribution in [0.1, 0.15) is 28.5 Å². The third-order valence-electron chi connectivity index (χ3n) is 3.86. The molecule has 0 spiro atoms. The van der Waals surface area contributed by atoms with E-state index in [0.29, 0.717) is 22.0 Å². The number of esters is 1. The second kappa shape index (κ2) is 6.98. The number of carbonyl (C=O) groups excluding carboxylic acids is 1. The van der Waals surface area contributed by atoms with Gasteiger partial charge in [-0.3, -0.25) is 0 Å². The molecule has 3 aromatic rings. The van der Waals surface area contributed by atoms with Gasteiger partial charge in [-0.2, -0.15) is 0 Å². The number of halogens is 2. The van der Waals surface area contributed by atoms with E-state index in [1.54, 1.807) is 17.7 Å². The van der Waals surface area contributed by atoms with Crippen LogP contribution in [0.5, 0.6) is 0 Å². The van der Waals surface area contributed by atoms with E-state index in [4.69, 9.17) is 4.74 Å². The molecule has 0 amide bonds. The molecule has 0 aliphatic heterocycles. The van der Waals surface area contributed by atoms with E-state index >= 15 is 0 Å². The van der Waals surface area contributed by atoms with Crippen LogP contribution in [0.25, 0.3) is 10.9 Å². The standard InChI is InChI=1S/C18H16F2N2O3/c1-2-25-18(24)16-6-14-12(10-23)9-22(17(14)7-21-16)8-11-3-4-13(19)5-15(11)20/h3-7,9,23H,2,8,10H2,1H3. The number of aliphatic hydroxyl groups excluding tert-OH is 1. The van der Waals surface area contributed by atoms with Crippen LogP contribution in [0.4, 0.5) is 8.78 Å². The van der Waals surface area contributed by atoms with Crippen molar-refractivity contribution in [3.05, 3.63) is 65.1 Å². The molecule has 25 heavy (non-hydrogen) atoms. The van der Waals surface area contributed by atoms with Gasteiger partial charge in [0, 0.05) is 28.8 Å². The quantitative estimate of drug-likeness (QED) is 0.721. The fourth-order valence-electron chi connectivity index (χ4n) is 2.67. The number of fused-ring (bicyclic) bond motifs is 1. The molecule has 0 saturated heterocycles. The first-order valence-corrected chi connectivity index (χ1v) is 7.73. The summed E-state index contributed by atoms with van der Waals surface area (Å²) < 4.78 is 33.6. The predicted molar refractivity (Wildman–Crippen MR) is 87.1 cm³/mol. The van der Waals surface area contributed by atoms with Crippen molar-refractivity contribution in [1.82, 2.24) is 9.55 Å². The number of aromatic nitrogens is 2. The maximum Gasteiger partial charge on any atom is 0.356 e. The van der Waals surface area contributed by atoms with Gasteiger partial charge in [-0.25, -0.2) is 18.6 Å². The Labute approximate surface area is 142 Å². The molecule has 1 aromatic carbocycles. The molecule has 1 N–H and O–H groups in total. The van der Waals surface area contributed by atoms with Crippen molar-refractivity contribution in [2.75, 3.05) is 6.61 Å². The summed E-state index contributed by atoms with van der Waals surface area (Å²) >= 11 is 0. The fraction of sp³-hybridized carbons (Fsp3) is 0.222. The van der Waals surface area contributed by atoms with Crippen molar-refractivity contribution in [3.8, 4) is 0 Å². The van der Waals surface area contributed by atoms with Crippen molar-refractivity contribution < 1.29 is 23.4 Å². The van der Waals surface area contributed by atoms with E-state index in [1.807, 2.05) is 0 Å². The summed E-state index contributed by atoms with van der Waals surface area (Å²) in [4.78, 5) is 15.9. The molecule has 5 nitrogen and oxygen atoms in total. The van der Waals surface area contributed by atoms with Crippen molar-refractivity contribution in [3.63, 3.8) is 0 Å². The lowest BCUT2D eigenvalue weighted by Gasteiger charge is -2.07. The van der Waals surface area contributed by atoms with Crippen LogP contribution in [0.3, 0.4) is 0 Å². The van der Waals surface area contributed by atoms with Crippen LogP contribution < -0.4 is 0 Å². The minimum Gasteiger partial charge on any atom is -0.461 e. The Morgan fingerprint density at radius 3 is 2.76 bits per heavy atom. The van der Waals surface area contributed by atoms with Gasteiger partial charge in [0.25, 0.3) is 0 Å². The summed E-state index contributed by atoms with van der Waals surface area (Å²) in [7, 11) is 0. The minimum atomic E-state index is -0.650. The van der Waals surface area contributed by atoms with Crippen LogP contribution in [0.15, 0.2) is 36.7 Å². The fourth-order valence-corrected chi connectivity index (χ4v) is 2.67. The van der Waals surface area contributed by atoms with Crippen LogP contribution >= 0.6 is 0 Å². The zero-order valence-electron chi connectivity index (χ0n) is 13.5. The van der Waals surface area contributed by atoms with Crippen molar-refractivity contribution >= 4 is 16.9 Å². The first-order chi connectivity index (χ1) is 12.0. The van der Waals surface area contributed by atoms with E-state index in [9.17, 15) is 18.7 Å². The highest BCUT2D eigenvalue weighted by molar-refractivity contribution is 5.93.